The molecule has 0 bridgehead atoms. The molecule has 0 saturated heterocycles. The smallest absolute Gasteiger partial charge is 0.260 e. The van der Waals surface area contributed by atoms with Crippen LogP contribution in [0.5, 0.6) is 0 Å². The number of carbonyl (C=O) groups is 1. The molecule has 3 rings (SSSR count). The van der Waals surface area contributed by atoms with Crippen molar-refractivity contribution >= 4 is 51.9 Å². The molecule has 9 heteroatoms. The fraction of sp³-hybridized carbons (Fsp3) is 0.133. The zero-order chi connectivity index (χ0) is 17.1. The molecule has 0 unspecified atom stereocenters. The van der Waals surface area contributed by atoms with Gasteiger partial charge < -0.3 is 10.0 Å². The number of nitrogens with one attached hydrogen (secondary N) is 3. The Balaban J connectivity index is 1.88. The van der Waals surface area contributed by atoms with E-state index in [-0.39, 0.29) is 16.3 Å². The van der Waals surface area contributed by atoms with Gasteiger partial charge in [0, 0.05) is 11.1 Å². The van der Waals surface area contributed by atoms with Crippen LogP contribution in [0.4, 0.5) is 15.8 Å². The number of pyridine rings is 1. The van der Waals surface area contributed by atoms with E-state index in [1.54, 1.807) is 12.3 Å². The first-order chi connectivity index (χ1) is 11.6. The van der Waals surface area contributed by atoms with Crippen molar-refractivity contribution < 1.29 is 9.18 Å². The third-order valence-corrected chi connectivity index (χ3v) is 4.16. The lowest BCUT2D eigenvalue weighted by Crippen LogP contribution is -2.15. The Morgan fingerprint density at radius 2 is 2.25 bits per heavy atom. The van der Waals surface area contributed by atoms with E-state index in [1.807, 2.05) is 6.92 Å². The minimum atomic E-state index is -0.696. The lowest BCUT2D eigenvalue weighted by atomic mass is 10.1. The Bertz CT molecular complexity index is 901. The maximum Gasteiger partial charge on any atom is 0.260 e. The van der Waals surface area contributed by atoms with Crippen LogP contribution in [-0.2, 0) is 0 Å². The predicted molar refractivity (Wildman–Crippen MR) is 95.0 cm³/mol. The number of carbonyl (C=O) groups excluding carboxylic acids is 1. The van der Waals surface area contributed by atoms with Crippen molar-refractivity contribution in [2.45, 2.75) is 6.92 Å². The second-order valence-corrected chi connectivity index (χ2v) is 6.28. The highest BCUT2D eigenvalue weighted by Crippen LogP contribution is 2.28. The van der Waals surface area contributed by atoms with E-state index >= 15 is 0 Å². The van der Waals surface area contributed by atoms with Gasteiger partial charge in [0.1, 0.15) is 0 Å². The molecule has 2 heterocycles. The van der Waals surface area contributed by atoms with Crippen molar-refractivity contribution in [3.05, 3.63) is 47.0 Å². The van der Waals surface area contributed by atoms with Gasteiger partial charge in [-0.1, -0.05) is 30.5 Å². The summed E-state index contributed by atoms with van der Waals surface area (Å²) in [6.07, 6.45) is 3.04. The summed E-state index contributed by atoms with van der Waals surface area (Å²) in [7, 11) is 0. The van der Waals surface area contributed by atoms with Gasteiger partial charge in [0.05, 0.1) is 34.4 Å². The van der Waals surface area contributed by atoms with E-state index in [1.165, 1.54) is 30.3 Å². The molecule has 3 N–H and O–H groups in total. The molecule has 0 fully saturated rings. The molecule has 1 amide bonds. The largest absolute Gasteiger partial charge is 0.327 e. The molecule has 3 aromatic rings. The van der Waals surface area contributed by atoms with Crippen LogP contribution in [-0.4, -0.2) is 26.8 Å². The van der Waals surface area contributed by atoms with Gasteiger partial charge >= 0.3 is 0 Å². The van der Waals surface area contributed by atoms with Gasteiger partial charge in [-0.25, -0.2) is 9.37 Å². The van der Waals surface area contributed by atoms with Crippen LogP contribution in [0.1, 0.15) is 17.3 Å². The second-order valence-electron chi connectivity index (χ2n) is 4.80. The maximum absolute atomic E-state index is 14.6. The van der Waals surface area contributed by atoms with Crippen LogP contribution >= 0.6 is 23.5 Å². The molecule has 0 radical (unpaired) electrons. The van der Waals surface area contributed by atoms with E-state index in [4.69, 9.17) is 11.6 Å². The Morgan fingerprint density at radius 3 is 3.04 bits per heavy atom. The van der Waals surface area contributed by atoms with Crippen LogP contribution in [0.3, 0.4) is 0 Å². The number of anilines is 2. The van der Waals surface area contributed by atoms with Crippen molar-refractivity contribution in [2.24, 2.45) is 0 Å². The van der Waals surface area contributed by atoms with Crippen molar-refractivity contribution in [3.63, 3.8) is 0 Å². The quantitative estimate of drug-likeness (QED) is 0.593. The van der Waals surface area contributed by atoms with Crippen molar-refractivity contribution in [3.8, 4) is 0 Å². The third-order valence-electron chi connectivity index (χ3n) is 3.19. The number of H-pyrrole nitrogens is 1. The van der Waals surface area contributed by atoms with Crippen molar-refractivity contribution in [1.82, 2.24) is 15.2 Å². The van der Waals surface area contributed by atoms with Crippen LogP contribution in [0, 0.1) is 5.82 Å². The number of nitrogens with zero attached hydrogens (tertiary/aromatic N) is 2. The molecule has 24 heavy (non-hydrogen) atoms. The van der Waals surface area contributed by atoms with Gasteiger partial charge in [-0.2, -0.15) is 5.10 Å². The molecule has 0 aliphatic carbocycles. The van der Waals surface area contributed by atoms with Crippen molar-refractivity contribution in [1.29, 1.82) is 0 Å². The molecule has 6 nitrogen and oxygen atoms in total. The highest BCUT2D eigenvalue weighted by atomic mass is 35.5. The van der Waals surface area contributed by atoms with Crippen LogP contribution in [0.15, 0.2) is 30.6 Å². The molecule has 1 aromatic carbocycles. The van der Waals surface area contributed by atoms with Gasteiger partial charge in [0.15, 0.2) is 11.5 Å². The number of rotatable bonds is 5. The first-order valence-corrected chi connectivity index (χ1v) is 8.42. The monoisotopic (exact) mass is 365 g/mol. The summed E-state index contributed by atoms with van der Waals surface area (Å²) in [5.74, 6) is -0.592. The molecular formula is C15H13ClFN5OS. The van der Waals surface area contributed by atoms with Gasteiger partial charge in [0.2, 0.25) is 0 Å². The van der Waals surface area contributed by atoms with E-state index in [9.17, 15) is 9.18 Å². The van der Waals surface area contributed by atoms with Crippen molar-refractivity contribution in [2.75, 3.05) is 15.8 Å². The number of fused-ring (bicyclic) bond motifs is 1. The highest BCUT2D eigenvalue weighted by molar-refractivity contribution is 8.00. The summed E-state index contributed by atoms with van der Waals surface area (Å²) in [6, 6.07) is 4.66. The first kappa shape index (κ1) is 16.5. The lowest BCUT2D eigenvalue weighted by Gasteiger charge is -2.11. The highest BCUT2D eigenvalue weighted by Gasteiger charge is 2.20. The summed E-state index contributed by atoms with van der Waals surface area (Å²) < 4.78 is 17.4. The summed E-state index contributed by atoms with van der Waals surface area (Å²) in [5, 5.41) is 9.94. The van der Waals surface area contributed by atoms with Gasteiger partial charge in [-0.15, -0.1) is 0 Å². The molecule has 124 valence electrons. The van der Waals surface area contributed by atoms with E-state index in [0.717, 1.165) is 11.1 Å². The van der Waals surface area contributed by atoms with E-state index in [2.05, 4.69) is 25.2 Å². The van der Waals surface area contributed by atoms with E-state index in [0.29, 0.717) is 11.3 Å². The number of hydrogen-bond donors (Lipinski definition) is 3. The molecule has 0 saturated carbocycles. The van der Waals surface area contributed by atoms with Gasteiger partial charge in [0.25, 0.3) is 5.91 Å². The number of aromatic amines is 1. The SMILES string of the molecule is CCSNc1ccc(Cl)c(C(=O)Nc2cnc3[nH]ncc3c2)c1F. The Kier molecular flexibility index (Phi) is 4.86. The molecular weight excluding hydrogens is 353 g/mol. The molecule has 0 aliphatic heterocycles. The van der Waals surface area contributed by atoms with Crippen LogP contribution < -0.4 is 10.0 Å². The first-order valence-electron chi connectivity index (χ1n) is 7.06. The van der Waals surface area contributed by atoms with E-state index < -0.39 is 11.7 Å². The summed E-state index contributed by atoms with van der Waals surface area (Å²) in [5.41, 5.74) is 1.01. The number of benzene rings is 1. The second kappa shape index (κ2) is 7.06. The average molecular weight is 366 g/mol. The fourth-order valence-electron chi connectivity index (χ4n) is 2.09. The Morgan fingerprint density at radius 1 is 1.42 bits per heavy atom. The Hall–Kier alpha value is -2.32. The van der Waals surface area contributed by atoms with Crippen LogP contribution in [0.25, 0.3) is 11.0 Å². The number of aromatic nitrogens is 3. The van der Waals surface area contributed by atoms with Gasteiger partial charge in [-0.3, -0.25) is 9.89 Å². The maximum atomic E-state index is 14.6. The summed E-state index contributed by atoms with van der Waals surface area (Å²) in [6.45, 7) is 1.93. The molecule has 0 aliphatic rings. The minimum Gasteiger partial charge on any atom is -0.327 e. The minimum absolute atomic E-state index is 0.0365. The number of halogens is 2. The third kappa shape index (κ3) is 3.29. The van der Waals surface area contributed by atoms with Gasteiger partial charge in [-0.05, 0) is 18.2 Å². The number of amides is 1. The average Bonchev–Trinajstić information content (AvgIpc) is 3.02. The normalized spacial score (nSPS) is 10.8. The molecule has 2 aromatic heterocycles. The standard InChI is InChI=1S/C15H13ClFN5OS/c1-2-24-22-11-4-3-10(16)12(13(11)17)15(23)20-9-5-8-6-19-21-14(8)18-7-9/h3-7,22H,2H2,1H3,(H,20,23)(H,18,19,21). The van der Waals surface area contributed by atoms with Crippen LogP contribution in [0.2, 0.25) is 5.02 Å². The topological polar surface area (TPSA) is 82.7 Å². The number of hydrogen-bond acceptors (Lipinski definition) is 5. The zero-order valence-electron chi connectivity index (χ0n) is 12.6. The summed E-state index contributed by atoms with van der Waals surface area (Å²) in [4.78, 5) is 16.6. The Labute approximate surface area is 146 Å². The lowest BCUT2D eigenvalue weighted by molar-refractivity contribution is 0.102. The zero-order valence-corrected chi connectivity index (χ0v) is 14.1. The predicted octanol–water partition coefficient (Wildman–Crippen LogP) is 4.08. The molecule has 0 atom stereocenters. The summed E-state index contributed by atoms with van der Waals surface area (Å²) >= 11 is 7.33. The fourth-order valence-corrected chi connectivity index (χ4v) is 2.78. The molecule has 0 spiro atoms.